The van der Waals surface area contributed by atoms with Crippen LogP contribution in [0, 0.1) is 0 Å². The van der Waals surface area contributed by atoms with Crippen molar-refractivity contribution < 1.29 is 9.53 Å². The van der Waals surface area contributed by atoms with E-state index >= 15 is 0 Å². The third-order valence-electron chi connectivity index (χ3n) is 4.56. The van der Waals surface area contributed by atoms with E-state index < -0.39 is 0 Å². The fourth-order valence-electron chi connectivity index (χ4n) is 2.86. The van der Waals surface area contributed by atoms with E-state index in [2.05, 4.69) is 39.5 Å². The molecule has 1 aromatic heterocycles. The lowest BCUT2D eigenvalue weighted by molar-refractivity contribution is -0.117. The fraction of sp³-hybridized carbons (Fsp3) is 0.333. The summed E-state index contributed by atoms with van der Waals surface area (Å²) >= 11 is 5.90. The second-order valence-electron chi connectivity index (χ2n) is 6.57. The maximum atomic E-state index is 12.5. The van der Waals surface area contributed by atoms with Crippen LogP contribution in [0.2, 0.25) is 5.02 Å². The van der Waals surface area contributed by atoms with Crippen molar-refractivity contribution in [3.63, 3.8) is 0 Å². The van der Waals surface area contributed by atoms with Crippen LogP contribution in [0.3, 0.4) is 0 Å². The van der Waals surface area contributed by atoms with Crippen molar-refractivity contribution in [1.29, 1.82) is 0 Å². The van der Waals surface area contributed by atoms with Crippen LogP contribution in [0.5, 0.6) is 5.75 Å². The van der Waals surface area contributed by atoms with Crippen LogP contribution in [-0.2, 0) is 11.3 Å². The normalized spacial score (nSPS) is 10.9. The molecule has 0 aliphatic carbocycles. The Morgan fingerprint density at radius 3 is 2.60 bits per heavy atom. The number of benzene rings is 2. The first-order valence-corrected chi connectivity index (χ1v) is 10.2. The largest absolute Gasteiger partial charge is 0.490 e. The summed E-state index contributed by atoms with van der Waals surface area (Å²) in [5.41, 5.74) is 1.39. The van der Waals surface area contributed by atoms with Crippen LogP contribution in [0.25, 0.3) is 11.4 Å². The molecular formula is C21H25ClN6O2. The molecule has 2 aromatic carbocycles. The smallest absolute Gasteiger partial charge is 0.248 e. The van der Waals surface area contributed by atoms with Gasteiger partial charge in [-0.3, -0.25) is 4.79 Å². The van der Waals surface area contributed by atoms with E-state index in [1.54, 1.807) is 30.3 Å². The molecule has 158 valence electrons. The van der Waals surface area contributed by atoms with E-state index in [-0.39, 0.29) is 12.5 Å². The molecule has 0 bridgehead atoms. The molecule has 0 aliphatic rings. The lowest BCUT2D eigenvalue weighted by Gasteiger charge is -2.19. The second-order valence-corrected chi connectivity index (χ2v) is 7.01. The first-order chi connectivity index (χ1) is 14.6. The SMILES string of the molecule is CCN(CC)CCOc1ccccc1NC(=O)Cn1nnc(-c2ccc(Cl)cc2)n1. The van der Waals surface area contributed by atoms with E-state index in [9.17, 15) is 4.79 Å². The summed E-state index contributed by atoms with van der Waals surface area (Å²) in [4.78, 5) is 16.0. The molecule has 3 aromatic rings. The minimum absolute atomic E-state index is 0.0611. The fourth-order valence-corrected chi connectivity index (χ4v) is 2.99. The zero-order valence-corrected chi connectivity index (χ0v) is 17.8. The van der Waals surface area contributed by atoms with Crippen molar-refractivity contribution >= 4 is 23.2 Å². The number of halogens is 1. The Morgan fingerprint density at radius 2 is 1.87 bits per heavy atom. The lowest BCUT2D eigenvalue weighted by Crippen LogP contribution is -2.28. The van der Waals surface area contributed by atoms with Gasteiger partial charge in [-0.2, -0.15) is 4.80 Å². The predicted molar refractivity (Wildman–Crippen MR) is 117 cm³/mol. The van der Waals surface area contributed by atoms with Crippen molar-refractivity contribution in [3.8, 4) is 17.1 Å². The lowest BCUT2D eigenvalue weighted by atomic mass is 10.2. The zero-order valence-electron chi connectivity index (χ0n) is 17.1. The quantitative estimate of drug-likeness (QED) is 0.533. The molecule has 0 atom stereocenters. The first kappa shape index (κ1) is 21.7. The van der Waals surface area contributed by atoms with Gasteiger partial charge in [0.15, 0.2) is 0 Å². The minimum atomic E-state index is -0.269. The van der Waals surface area contributed by atoms with Gasteiger partial charge in [-0.1, -0.05) is 37.6 Å². The summed E-state index contributed by atoms with van der Waals surface area (Å²) in [7, 11) is 0. The van der Waals surface area contributed by atoms with Crippen LogP contribution >= 0.6 is 11.6 Å². The van der Waals surface area contributed by atoms with E-state index in [1.807, 2.05) is 18.2 Å². The maximum absolute atomic E-state index is 12.5. The summed E-state index contributed by atoms with van der Waals surface area (Å²) in [6.07, 6.45) is 0. The number of rotatable bonds is 10. The van der Waals surface area contributed by atoms with Crippen molar-refractivity contribution in [1.82, 2.24) is 25.1 Å². The molecule has 9 heteroatoms. The maximum Gasteiger partial charge on any atom is 0.248 e. The van der Waals surface area contributed by atoms with E-state index in [4.69, 9.17) is 16.3 Å². The Kier molecular flexibility index (Phi) is 7.75. The number of anilines is 1. The summed E-state index contributed by atoms with van der Waals surface area (Å²) < 4.78 is 5.88. The van der Waals surface area contributed by atoms with Gasteiger partial charge in [-0.25, -0.2) is 0 Å². The summed E-state index contributed by atoms with van der Waals surface area (Å²) in [5.74, 6) is 0.792. The highest BCUT2D eigenvalue weighted by molar-refractivity contribution is 6.30. The molecule has 0 unspecified atom stereocenters. The van der Waals surface area contributed by atoms with Gasteiger partial charge in [0.05, 0.1) is 5.69 Å². The highest BCUT2D eigenvalue weighted by Gasteiger charge is 2.12. The molecule has 0 aliphatic heterocycles. The number of tetrazole rings is 1. The molecular weight excluding hydrogens is 404 g/mol. The van der Waals surface area contributed by atoms with Crippen LogP contribution in [0.15, 0.2) is 48.5 Å². The summed E-state index contributed by atoms with van der Waals surface area (Å²) in [5, 5.41) is 15.7. The van der Waals surface area contributed by atoms with Crippen molar-refractivity contribution in [2.24, 2.45) is 0 Å². The Labute approximate surface area is 180 Å². The number of nitrogens with one attached hydrogen (secondary N) is 1. The minimum Gasteiger partial charge on any atom is -0.490 e. The number of ether oxygens (including phenoxy) is 1. The van der Waals surface area contributed by atoms with Crippen molar-refractivity contribution in [3.05, 3.63) is 53.6 Å². The van der Waals surface area contributed by atoms with Gasteiger partial charge >= 0.3 is 0 Å². The predicted octanol–water partition coefficient (Wildman–Crippen LogP) is 3.35. The number of likely N-dealkylation sites (N-methyl/N-ethyl adjacent to an activating group) is 1. The van der Waals surface area contributed by atoms with Crippen LogP contribution in [0.4, 0.5) is 5.69 Å². The number of hydrogen-bond donors (Lipinski definition) is 1. The standard InChI is InChI=1S/C21H25ClN6O2/c1-3-27(4-2)13-14-30-19-8-6-5-7-18(19)23-20(29)15-28-25-21(24-26-28)16-9-11-17(22)12-10-16/h5-12H,3-4,13-15H2,1-2H3,(H,23,29). The molecule has 0 spiro atoms. The Balaban J connectivity index is 1.58. The summed E-state index contributed by atoms with van der Waals surface area (Å²) in [6, 6.07) is 14.5. The molecule has 3 rings (SSSR count). The van der Waals surface area contributed by atoms with Gasteiger partial charge < -0.3 is 15.0 Å². The summed E-state index contributed by atoms with van der Waals surface area (Å²) in [6.45, 7) is 7.49. The molecule has 0 saturated heterocycles. The number of carbonyl (C=O) groups excluding carboxylic acids is 1. The topological polar surface area (TPSA) is 85.2 Å². The number of amides is 1. The molecule has 30 heavy (non-hydrogen) atoms. The van der Waals surface area contributed by atoms with E-state index in [1.165, 1.54) is 4.80 Å². The van der Waals surface area contributed by atoms with Crippen LogP contribution in [-0.4, -0.2) is 57.3 Å². The van der Waals surface area contributed by atoms with E-state index in [0.717, 1.165) is 25.2 Å². The van der Waals surface area contributed by atoms with Gasteiger partial charge in [-0.15, -0.1) is 10.2 Å². The molecule has 0 fully saturated rings. The van der Waals surface area contributed by atoms with Crippen LogP contribution in [0.1, 0.15) is 13.8 Å². The van der Waals surface area contributed by atoms with Gasteiger partial charge in [0.2, 0.25) is 11.7 Å². The number of hydrogen-bond acceptors (Lipinski definition) is 6. The van der Waals surface area contributed by atoms with Gasteiger partial charge in [-0.05, 0) is 54.7 Å². The third-order valence-corrected chi connectivity index (χ3v) is 4.81. The Bertz CT molecular complexity index is 956. The van der Waals surface area contributed by atoms with Gasteiger partial charge in [0.25, 0.3) is 0 Å². The molecule has 0 radical (unpaired) electrons. The number of nitrogens with zero attached hydrogens (tertiary/aromatic N) is 5. The molecule has 1 heterocycles. The number of para-hydroxylation sites is 2. The Hall–Kier alpha value is -2.97. The van der Waals surface area contributed by atoms with Gasteiger partial charge in [0.1, 0.15) is 18.9 Å². The monoisotopic (exact) mass is 428 g/mol. The highest BCUT2D eigenvalue weighted by atomic mass is 35.5. The zero-order chi connectivity index (χ0) is 21.3. The molecule has 0 saturated carbocycles. The first-order valence-electron chi connectivity index (χ1n) is 9.86. The number of carbonyl (C=O) groups is 1. The number of aromatic nitrogens is 4. The Morgan fingerprint density at radius 1 is 1.13 bits per heavy atom. The van der Waals surface area contributed by atoms with Crippen molar-refractivity contribution in [2.75, 3.05) is 31.6 Å². The molecule has 8 nitrogen and oxygen atoms in total. The second kappa shape index (κ2) is 10.7. The average Bonchev–Trinajstić information content (AvgIpc) is 3.21. The molecule has 1 N–H and O–H groups in total. The highest BCUT2D eigenvalue weighted by Crippen LogP contribution is 2.23. The average molecular weight is 429 g/mol. The molecule has 1 amide bonds. The van der Waals surface area contributed by atoms with Crippen LogP contribution < -0.4 is 10.1 Å². The van der Waals surface area contributed by atoms with Gasteiger partial charge in [0, 0.05) is 17.1 Å². The van der Waals surface area contributed by atoms with Crippen molar-refractivity contribution in [2.45, 2.75) is 20.4 Å². The van der Waals surface area contributed by atoms with E-state index in [0.29, 0.717) is 28.9 Å². The third kappa shape index (κ3) is 6.01.